The van der Waals surface area contributed by atoms with Gasteiger partial charge in [0.25, 0.3) is 0 Å². The summed E-state index contributed by atoms with van der Waals surface area (Å²) >= 11 is 1.28. The van der Waals surface area contributed by atoms with Crippen molar-refractivity contribution in [3.05, 3.63) is 59.7 Å². The van der Waals surface area contributed by atoms with E-state index in [0.29, 0.717) is 16.4 Å². The number of aryl methyl sites for hydroxylation is 1. The second kappa shape index (κ2) is 9.85. The SMILES string of the molecule is CCCCc1ccc(-n2nnnc2SC(C)C(=O)Nc2cccc(C#N)c2)cc1. The molecule has 3 aromatic rings. The number of thioether (sulfide) groups is 1. The number of anilines is 1. The number of nitrogens with one attached hydrogen (secondary N) is 1. The Morgan fingerprint density at radius 1 is 1.28 bits per heavy atom. The average molecular weight is 407 g/mol. The van der Waals surface area contributed by atoms with Gasteiger partial charge in [0.1, 0.15) is 0 Å². The van der Waals surface area contributed by atoms with Crippen molar-refractivity contribution in [2.24, 2.45) is 0 Å². The highest BCUT2D eigenvalue weighted by Gasteiger charge is 2.19. The Bertz CT molecular complexity index is 1010. The minimum Gasteiger partial charge on any atom is -0.325 e. The van der Waals surface area contributed by atoms with E-state index in [2.05, 4.69) is 46.0 Å². The van der Waals surface area contributed by atoms with Crippen LogP contribution in [0.3, 0.4) is 0 Å². The summed E-state index contributed by atoms with van der Waals surface area (Å²) in [7, 11) is 0. The van der Waals surface area contributed by atoms with Crippen LogP contribution in [-0.2, 0) is 11.2 Å². The van der Waals surface area contributed by atoms with Crippen LogP contribution in [0.4, 0.5) is 5.69 Å². The van der Waals surface area contributed by atoms with E-state index in [9.17, 15) is 4.79 Å². The van der Waals surface area contributed by atoms with Crippen LogP contribution in [0.25, 0.3) is 5.69 Å². The maximum atomic E-state index is 12.5. The molecule has 29 heavy (non-hydrogen) atoms. The molecule has 0 saturated heterocycles. The van der Waals surface area contributed by atoms with E-state index in [-0.39, 0.29) is 5.91 Å². The Morgan fingerprint density at radius 3 is 2.79 bits per heavy atom. The molecule has 1 heterocycles. The minimum atomic E-state index is -0.422. The molecule has 0 spiro atoms. The molecule has 0 aliphatic carbocycles. The molecule has 8 heteroatoms. The van der Waals surface area contributed by atoms with Crippen molar-refractivity contribution in [3.8, 4) is 11.8 Å². The van der Waals surface area contributed by atoms with E-state index in [1.54, 1.807) is 35.9 Å². The number of nitrogens with zero attached hydrogens (tertiary/aromatic N) is 5. The summed E-state index contributed by atoms with van der Waals surface area (Å²) < 4.78 is 1.63. The van der Waals surface area contributed by atoms with Crippen LogP contribution in [-0.4, -0.2) is 31.4 Å². The number of hydrogen-bond acceptors (Lipinski definition) is 6. The lowest BCUT2D eigenvalue weighted by Gasteiger charge is -2.12. The highest BCUT2D eigenvalue weighted by molar-refractivity contribution is 8.00. The third-order valence-electron chi connectivity index (χ3n) is 4.35. The molecule has 7 nitrogen and oxygen atoms in total. The predicted octanol–water partition coefficient (Wildman–Crippen LogP) is 4.00. The van der Waals surface area contributed by atoms with Gasteiger partial charge in [0.15, 0.2) is 0 Å². The highest BCUT2D eigenvalue weighted by atomic mass is 32.2. The summed E-state index contributed by atoms with van der Waals surface area (Å²) in [6.45, 7) is 3.97. The first-order valence-corrected chi connectivity index (χ1v) is 10.3. The average Bonchev–Trinajstić information content (AvgIpc) is 3.20. The van der Waals surface area contributed by atoms with Crippen LogP contribution in [0.2, 0.25) is 0 Å². The number of rotatable bonds is 8. The zero-order chi connectivity index (χ0) is 20.6. The second-order valence-electron chi connectivity index (χ2n) is 6.59. The summed E-state index contributed by atoms with van der Waals surface area (Å²) in [5.41, 5.74) is 3.22. The van der Waals surface area contributed by atoms with Gasteiger partial charge < -0.3 is 5.32 Å². The molecule has 1 unspecified atom stereocenters. The van der Waals surface area contributed by atoms with Gasteiger partial charge in [-0.3, -0.25) is 4.79 Å². The van der Waals surface area contributed by atoms with Gasteiger partial charge in [0.05, 0.1) is 22.6 Å². The molecule has 3 rings (SSSR count). The number of unbranched alkanes of at least 4 members (excludes halogenated alkanes) is 1. The van der Waals surface area contributed by atoms with Crippen molar-refractivity contribution >= 4 is 23.4 Å². The van der Waals surface area contributed by atoms with Crippen molar-refractivity contribution in [2.75, 3.05) is 5.32 Å². The van der Waals surface area contributed by atoms with Gasteiger partial charge in [-0.2, -0.15) is 9.94 Å². The first-order valence-electron chi connectivity index (χ1n) is 9.46. The number of amides is 1. The van der Waals surface area contributed by atoms with Crippen molar-refractivity contribution < 1.29 is 4.79 Å². The molecule has 0 aliphatic heterocycles. The molecule has 0 saturated carbocycles. The first kappa shape index (κ1) is 20.6. The fraction of sp³-hybridized carbons (Fsp3) is 0.286. The van der Waals surface area contributed by atoms with E-state index in [0.717, 1.165) is 24.9 Å². The largest absolute Gasteiger partial charge is 0.325 e. The number of carbonyl (C=O) groups excluding carboxylic acids is 1. The van der Waals surface area contributed by atoms with E-state index in [1.165, 1.54) is 17.3 Å². The topological polar surface area (TPSA) is 96.5 Å². The molecule has 0 fully saturated rings. The minimum absolute atomic E-state index is 0.186. The molecule has 2 aromatic carbocycles. The highest BCUT2D eigenvalue weighted by Crippen LogP contribution is 2.24. The van der Waals surface area contributed by atoms with Crippen LogP contribution in [0.15, 0.2) is 53.7 Å². The van der Waals surface area contributed by atoms with Gasteiger partial charge in [-0.25, -0.2) is 0 Å². The number of hydrogen-bond donors (Lipinski definition) is 1. The fourth-order valence-corrected chi connectivity index (χ4v) is 3.53. The normalized spacial score (nSPS) is 11.6. The lowest BCUT2D eigenvalue weighted by Crippen LogP contribution is -2.23. The van der Waals surface area contributed by atoms with E-state index in [4.69, 9.17) is 5.26 Å². The third kappa shape index (κ3) is 5.42. The van der Waals surface area contributed by atoms with Crippen LogP contribution in [0.5, 0.6) is 0 Å². The fourth-order valence-electron chi connectivity index (χ4n) is 2.72. The number of benzene rings is 2. The van der Waals surface area contributed by atoms with Gasteiger partial charge in [0.2, 0.25) is 11.1 Å². The zero-order valence-electron chi connectivity index (χ0n) is 16.4. The number of tetrazole rings is 1. The molecule has 1 aromatic heterocycles. The van der Waals surface area contributed by atoms with Crippen molar-refractivity contribution in [1.82, 2.24) is 20.2 Å². The maximum Gasteiger partial charge on any atom is 0.237 e. The maximum absolute atomic E-state index is 12.5. The number of aromatic nitrogens is 4. The summed E-state index contributed by atoms with van der Waals surface area (Å²) in [5, 5.41) is 23.8. The van der Waals surface area contributed by atoms with Gasteiger partial charge in [-0.15, -0.1) is 5.10 Å². The summed E-state index contributed by atoms with van der Waals surface area (Å²) in [6.07, 6.45) is 3.38. The molecule has 0 radical (unpaired) electrons. The van der Waals surface area contributed by atoms with Crippen LogP contribution in [0.1, 0.15) is 37.8 Å². The van der Waals surface area contributed by atoms with Gasteiger partial charge in [-0.05, 0) is 66.1 Å². The van der Waals surface area contributed by atoms with Crippen molar-refractivity contribution in [2.45, 2.75) is 43.5 Å². The summed E-state index contributed by atoms with van der Waals surface area (Å²) in [5.74, 6) is -0.186. The lowest BCUT2D eigenvalue weighted by molar-refractivity contribution is -0.115. The molecule has 0 aliphatic rings. The third-order valence-corrected chi connectivity index (χ3v) is 5.38. The van der Waals surface area contributed by atoms with Crippen LogP contribution < -0.4 is 5.32 Å². The van der Waals surface area contributed by atoms with Crippen molar-refractivity contribution in [3.63, 3.8) is 0 Å². The lowest BCUT2D eigenvalue weighted by atomic mass is 10.1. The second-order valence-corrected chi connectivity index (χ2v) is 7.89. The molecule has 1 N–H and O–H groups in total. The quantitative estimate of drug-likeness (QED) is 0.568. The molecule has 1 atom stereocenters. The molecule has 148 valence electrons. The standard InChI is InChI=1S/C21H22N6OS/c1-3-4-6-16-9-11-19(12-10-16)27-21(24-25-26-27)29-15(2)20(28)23-18-8-5-7-17(13-18)14-22/h5,7-13,15H,3-4,6H2,1-2H3,(H,23,28). The Balaban J connectivity index is 1.67. The Labute approximate surface area is 174 Å². The Morgan fingerprint density at radius 2 is 2.07 bits per heavy atom. The summed E-state index contributed by atoms with van der Waals surface area (Å²) in [4.78, 5) is 12.5. The van der Waals surface area contributed by atoms with Crippen molar-refractivity contribution in [1.29, 1.82) is 5.26 Å². The van der Waals surface area contributed by atoms with E-state index in [1.807, 2.05) is 12.1 Å². The smallest absolute Gasteiger partial charge is 0.237 e. The molecule has 1 amide bonds. The predicted molar refractivity (Wildman–Crippen MR) is 113 cm³/mol. The molecular weight excluding hydrogens is 384 g/mol. The van der Waals surface area contributed by atoms with Gasteiger partial charge >= 0.3 is 0 Å². The van der Waals surface area contributed by atoms with Gasteiger partial charge in [-0.1, -0.05) is 43.3 Å². The molecular formula is C21H22N6OS. The molecule has 0 bridgehead atoms. The number of nitriles is 1. The van der Waals surface area contributed by atoms with Crippen LogP contribution in [0, 0.1) is 11.3 Å². The van der Waals surface area contributed by atoms with Gasteiger partial charge in [0, 0.05) is 5.69 Å². The zero-order valence-corrected chi connectivity index (χ0v) is 17.2. The monoisotopic (exact) mass is 406 g/mol. The Hall–Kier alpha value is -3.18. The van der Waals surface area contributed by atoms with E-state index >= 15 is 0 Å². The first-order chi connectivity index (χ1) is 14.1. The van der Waals surface area contributed by atoms with E-state index < -0.39 is 5.25 Å². The summed E-state index contributed by atoms with van der Waals surface area (Å²) in [6, 6.07) is 17.0. The Kier molecular flexibility index (Phi) is 6.98. The van der Waals surface area contributed by atoms with Crippen LogP contribution >= 0.6 is 11.8 Å². The number of carbonyl (C=O) groups is 1.